The highest BCUT2D eigenvalue weighted by atomic mass is 16.6. The van der Waals surface area contributed by atoms with Gasteiger partial charge in [-0.3, -0.25) is 14.4 Å². The second-order valence-corrected chi connectivity index (χ2v) is 21.3. The number of carbonyl (C=O) groups is 3. The van der Waals surface area contributed by atoms with Crippen LogP contribution in [-0.2, 0) is 28.6 Å². The van der Waals surface area contributed by atoms with Gasteiger partial charge in [0.15, 0.2) is 6.10 Å². The highest BCUT2D eigenvalue weighted by Gasteiger charge is 2.19. The largest absolute Gasteiger partial charge is 0.462 e. The van der Waals surface area contributed by atoms with Crippen LogP contribution in [0.2, 0.25) is 0 Å². The van der Waals surface area contributed by atoms with Gasteiger partial charge in [-0.2, -0.15) is 0 Å². The standard InChI is InChI=1S/C68H120O6/c1-4-7-10-13-16-19-22-23-24-25-26-27-28-29-30-31-32-33-34-35-36-37-38-39-40-41-42-43-44-45-47-49-52-55-58-61-67(70)73-64-65(63-72-66(69)60-57-54-51-48-21-18-15-12-9-6-3)74-68(71)62-59-56-53-50-46-20-17-14-11-8-5-2/h7,10,12,14-17,19,23-24,26-27,65H,4-6,8-9,11,13,18,20-22,25,28-64H2,1-3H3/b10-7-,15-12-,17-14-,19-16-,24-23-,27-26-. The Bertz CT molecular complexity index is 1370. The van der Waals surface area contributed by atoms with Crippen molar-refractivity contribution < 1.29 is 28.6 Å². The number of esters is 3. The molecule has 0 spiro atoms. The van der Waals surface area contributed by atoms with Gasteiger partial charge in [-0.05, 0) is 96.3 Å². The summed E-state index contributed by atoms with van der Waals surface area (Å²) in [5, 5.41) is 0. The molecule has 0 aliphatic rings. The third kappa shape index (κ3) is 59.7. The Kier molecular flexibility index (Phi) is 59.7. The zero-order chi connectivity index (χ0) is 53.6. The fourth-order valence-electron chi connectivity index (χ4n) is 9.13. The summed E-state index contributed by atoms with van der Waals surface area (Å²) in [5.41, 5.74) is 0. The van der Waals surface area contributed by atoms with Crippen molar-refractivity contribution in [2.24, 2.45) is 0 Å². The van der Waals surface area contributed by atoms with Crippen LogP contribution in [0.3, 0.4) is 0 Å². The lowest BCUT2D eigenvalue weighted by Crippen LogP contribution is -2.30. The van der Waals surface area contributed by atoms with Gasteiger partial charge in [0.05, 0.1) is 0 Å². The van der Waals surface area contributed by atoms with Crippen molar-refractivity contribution in [1.82, 2.24) is 0 Å². The van der Waals surface area contributed by atoms with Crippen LogP contribution in [0.5, 0.6) is 0 Å². The Balaban J connectivity index is 3.95. The number of rotatable bonds is 58. The summed E-state index contributed by atoms with van der Waals surface area (Å²) < 4.78 is 16.8. The summed E-state index contributed by atoms with van der Waals surface area (Å²) in [6.07, 6.45) is 81.0. The predicted octanol–water partition coefficient (Wildman–Crippen LogP) is 21.7. The summed E-state index contributed by atoms with van der Waals surface area (Å²) in [7, 11) is 0. The molecule has 0 saturated heterocycles. The second-order valence-electron chi connectivity index (χ2n) is 21.3. The van der Waals surface area contributed by atoms with Crippen molar-refractivity contribution in [1.29, 1.82) is 0 Å². The quantitative estimate of drug-likeness (QED) is 0.0261. The Morgan fingerprint density at radius 3 is 0.892 bits per heavy atom. The Labute approximate surface area is 459 Å². The van der Waals surface area contributed by atoms with E-state index in [0.29, 0.717) is 19.3 Å². The van der Waals surface area contributed by atoms with E-state index >= 15 is 0 Å². The topological polar surface area (TPSA) is 78.9 Å². The molecule has 0 aliphatic heterocycles. The van der Waals surface area contributed by atoms with Crippen LogP contribution in [-0.4, -0.2) is 37.2 Å². The van der Waals surface area contributed by atoms with Gasteiger partial charge in [0, 0.05) is 19.3 Å². The first kappa shape index (κ1) is 70.8. The minimum Gasteiger partial charge on any atom is -0.462 e. The molecule has 0 heterocycles. The average Bonchev–Trinajstić information content (AvgIpc) is 3.40. The van der Waals surface area contributed by atoms with Crippen molar-refractivity contribution in [2.75, 3.05) is 13.2 Å². The zero-order valence-electron chi connectivity index (χ0n) is 49.1. The SMILES string of the molecule is CC/C=C\C/C=C\C/C=C\C/C=C\CCCCCCCCCCCCCCCCCCCCCCCCC(=O)OCC(COC(=O)CCCCCCC/C=C\CCC)OC(=O)CCCCCCC/C=C\CCCC. The van der Waals surface area contributed by atoms with Crippen molar-refractivity contribution in [2.45, 2.75) is 329 Å². The molecule has 0 aromatic rings. The van der Waals surface area contributed by atoms with E-state index in [4.69, 9.17) is 14.2 Å². The minimum absolute atomic E-state index is 0.0772. The van der Waals surface area contributed by atoms with Gasteiger partial charge in [0.1, 0.15) is 13.2 Å². The second kappa shape index (κ2) is 62.4. The van der Waals surface area contributed by atoms with E-state index in [-0.39, 0.29) is 31.1 Å². The van der Waals surface area contributed by atoms with Crippen LogP contribution in [0.25, 0.3) is 0 Å². The molecule has 0 aromatic heterocycles. The van der Waals surface area contributed by atoms with Crippen molar-refractivity contribution in [3.63, 3.8) is 0 Å². The molecule has 0 bridgehead atoms. The van der Waals surface area contributed by atoms with Crippen LogP contribution < -0.4 is 0 Å². The molecule has 1 atom stereocenters. The molecule has 0 fully saturated rings. The lowest BCUT2D eigenvalue weighted by atomic mass is 10.0. The summed E-state index contributed by atoms with van der Waals surface area (Å²) in [5.74, 6) is -0.887. The molecule has 74 heavy (non-hydrogen) atoms. The molecular weight excluding hydrogens is 913 g/mol. The van der Waals surface area contributed by atoms with Crippen LogP contribution >= 0.6 is 0 Å². The highest BCUT2D eigenvalue weighted by molar-refractivity contribution is 5.71. The first-order valence-electron chi connectivity index (χ1n) is 31.9. The Morgan fingerprint density at radius 1 is 0.284 bits per heavy atom. The summed E-state index contributed by atoms with van der Waals surface area (Å²) in [6.45, 7) is 6.44. The van der Waals surface area contributed by atoms with Crippen LogP contribution in [0, 0.1) is 0 Å². The van der Waals surface area contributed by atoms with Crippen molar-refractivity contribution in [3.8, 4) is 0 Å². The first-order chi connectivity index (χ1) is 36.5. The third-order valence-electron chi connectivity index (χ3n) is 13.9. The fraction of sp³-hybridized carbons (Fsp3) is 0.779. The van der Waals surface area contributed by atoms with Gasteiger partial charge in [0.25, 0.3) is 0 Å². The van der Waals surface area contributed by atoms with E-state index in [2.05, 4.69) is 93.7 Å². The summed E-state index contributed by atoms with van der Waals surface area (Å²) in [4.78, 5) is 38.0. The normalized spacial score (nSPS) is 12.5. The molecule has 428 valence electrons. The highest BCUT2D eigenvalue weighted by Crippen LogP contribution is 2.17. The molecule has 0 rings (SSSR count). The van der Waals surface area contributed by atoms with Gasteiger partial charge in [-0.1, -0.05) is 280 Å². The van der Waals surface area contributed by atoms with E-state index < -0.39 is 6.10 Å². The molecule has 6 heteroatoms. The maximum absolute atomic E-state index is 12.8. The zero-order valence-corrected chi connectivity index (χ0v) is 49.1. The van der Waals surface area contributed by atoms with Gasteiger partial charge in [-0.25, -0.2) is 0 Å². The van der Waals surface area contributed by atoms with E-state index in [1.165, 1.54) is 173 Å². The van der Waals surface area contributed by atoms with E-state index in [9.17, 15) is 14.4 Å². The van der Waals surface area contributed by atoms with E-state index in [1.807, 2.05) is 0 Å². The average molecular weight is 1030 g/mol. The third-order valence-corrected chi connectivity index (χ3v) is 13.9. The number of unbranched alkanes of at least 4 members (excludes halogenated alkanes) is 35. The molecule has 0 amide bonds. The number of ether oxygens (including phenoxy) is 3. The number of carbonyl (C=O) groups excluding carboxylic acids is 3. The van der Waals surface area contributed by atoms with Gasteiger partial charge >= 0.3 is 17.9 Å². The van der Waals surface area contributed by atoms with E-state index in [0.717, 1.165) is 109 Å². The summed E-state index contributed by atoms with van der Waals surface area (Å²) in [6, 6.07) is 0. The Morgan fingerprint density at radius 2 is 0.554 bits per heavy atom. The van der Waals surface area contributed by atoms with Crippen LogP contribution in [0.4, 0.5) is 0 Å². The fourth-order valence-corrected chi connectivity index (χ4v) is 9.13. The monoisotopic (exact) mass is 1030 g/mol. The lowest BCUT2D eigenvalue weighted by molar-refractivity contribution is -0.167. The molecule has 0 aromatic carbocycles. The molecule has 0 saturated carbocycles. The molecule has 6 nitrogen and oxygen atoms in total. The maximum Gasteiger partial charge on any atom is 0.306 e. The predicted molar refractivity (Wildman–Crippen MR) is 321 cm³/mol. The molecule has 0 aliphatic carbocycles. The Hall–Kier alpha value is -3.15. The van der Waals surface area contributed by atoms with Crippen LogP contribution in [0.1, 0.15) is 323 Å². The molecule has 0 radical (unpaired) electrons. The number of allylic oxidation sites excluding steroid dienone is 12. The van der Waals surface area contributed by atoms with Gasteiger partial charge in [-0.15, -0.1) is 0 Å². The summed E-state index contributed by atoms with van der Waals surface area (Å²) >= 11 is 0. The lowest BCUT2D eigenvalue weighted by Gasteiger charge is -2.18. The maximum atomic E-state index is 12.8. The van der Waals surface area contributed by atoms with Gasteiger partial charge < -0.3 is 14.2 Å². The smallest absolute Gasteiger partial charge is 0.306 e. The minimum atomic E-state index is -0.778. The number of hydrogen-bond donors (Lipinski definition) is 0. The molecule has 1 unspecified atom stereocenters. The van der Waals surface area contributed by atoms with Crippen molar-refractivity contribution in [3.05, 3.63) is 72.9 Å². The molecular formula is C68H120O6. The first-order valence-corrected chi connectivity index (χ1v) is 31.9. The van der Waals surface area contributed by atoms with Crippen LogP contribution in [0.15, 0.2) is 72.9 Å². The van der Waals surface area contributed by atoms with Gasteiger partial charge in [0.2, 0.25) is 0 Å². The van der Waals surface area contributed by atoms with E-state index in [1.54, 1.807) is 0 Å². The van der Waals surface area contributed by atoms with Crippen molar-refractivity contribution >= 4 is 17.9 Å². The molecule has 0 N–H and O–H groups in total. The number of hydrogen-bond acceptors (Lipinski definition) is 6.